The lowest BCUT2D eigenvalue weighted by molar-refractivity contribution is -0.117. The Kier molecular flexibility index (Phi) is 3.96. The predicted octanol–water partition coefficient (Wildman–Crippen LogP) is 3.02. The van der Waals surface area contributed by atoms with Crippen LogP contribution < -0.4 is 10.6 Å². The van der Waals surface area contributed by atoms with Gasteiger partial charge in [0.25, 0.3) is 0 Å². The van der Waals surface area contributed by atoms with E-state index in [1.165, 1.54) is 0 Å². The maximum atomic E-state index is 12.1. The molecule has 1 aliphatic rings. The second-order valence-corrected chi connectivity index (χ2v) is 7.24. The molecule has 3 rings (SSSR count). The third-order valence-electron chi connectivity index (χ3n) is 3.20. The number of thiazole rings is 1. The molecule has 2 heterocycles. The van der Waals surface area contributed by atoms with Gasteiger partial charge in [-0.3, -0.25) is 10.1 Å². The molecule has 1 aromatic heterocycles. The summed E-state index contributed by atoms with van der Waals surface area (Å²) in [5, 5.41) is 7.29. The summed E-state index contributed by atoms with van der Waals surface area (Å²) in [6.45, 7) is 4.29. The van der Waals surface area contributed by atoms with Gasteiger partial charge in [-0.1, -0.05) is 13.8 Å². The van der Waals surface area contributed by atoms with Gasteiger partial charge in [-0.2, -0.15) is 0 Å². The van der Waals surface area contributed by atoms with Crippen molar-refractivity contribution in [2.24, 2.45) is 0 Å². The number of benzene rings is 1. The number of nitrogens with zero attached hydrogens (tertiary/aromatic N) is 1. The van der Waals surface area contributed by atoms with Gasteiger partial charge in [0, 0.05) is 23.2 Å². The molecule has 0 aliphatic carbocycles. The summed E-state index contributed by atoms with van der Waals surface area (Å²) in [6, 6.07) is 5.83. The second-order valence-electron chi connectivity index (χ2n) is 5.15. The highest BCUT2D eigenvalue weighted by Crippen LogP contribution is 2.29. The van der Waals surface area contributed by atoms with Crippen molar-refractivity contribution in [1.29, 1.82) is 0 Å². The summed E-state index contributed by atoms with van der Waals surface area (Å²) in [5.74, 6) is 2.17. The van der Waals surface area contributed by atoms with Gasteiger partial charge in [0.1, 0.15) is 0 Å². The topological polar surface area (TPSA) is 54.0 Å². The first kappa shape index (κ1) is 13.9. The lowest BCUT2D eigenvalue weighted by atomic mass is 10.2. The number of carbonyl (C=O) groups excluding carboxylic acids is 1. The minimum Gasteiger partial charge on any atom is -0.325 e. The average Bonchev–Trinajstić information content (AvgIpc) is 3.07. The van der Waals surface area contributed by atoms with Crippen molar-refractivity contribution >= 4 is 44.9 Å². The molecule has 20 heavy (non-hydrogen) atoms. The van der Waals surface area contributed by atoms with E-state index in [2.05, 4.69) is 29.5 Å². The maximum absolute atomic E-state index is 12.1. The minimum atomic E-state index is -0.0802. The fourth-order valence-electron chi connectivity index (χ4n) is 2.06. The zero-order valence-electron chi connectivity index (χ0n) is 11.5. The molecule has 4 nitrogen and oxygen atoms in total. The number of anilines is 1. The molecular formula is C14H17N3OS2. The summed E-state index contributed by atoms with van der Waals surface area (Å²) in [5.41, 5.74) is 1.85. The molecule has 2 aromatic rings. The van der Waals surface area contributed by atoms with Gasteiger partial charge in [-0.25, -0.2) is 4.98 Å². The van der Waals surface area contributed by atoms with Crippen LogP contribution >= 0.6 is 23.1 Å². The normalized spacial score (nSPS) is 18.9. The van der Waals surface area contributed by atoms with E-state index >= 15 is 0 Å². The molecule has 106 valence electrons. The Balaban J connectivity index is 1.79. The molecule has 1 unspecified atom stereocenters. The Labute approximate surface area is 126 Å². The average molecular weight is 307 g/mol. The lowest BCUT2D eigenvalue weighted by Gasteiger charge is -2.10. The molecule has 0 saturated carbocycles. The van der Waals surface area contributed by atoms with Crippen molar-refractivity contribution in [3.8, 4) is 0 Å². The Morgan fingerprint density at radius 3 is 3.05 bits per heavy atom. The van der Waals surface area contributed by atoms with E-state index in [4.69, 9.17) is 0 Å². The predicted molar refractivity (Wildman–Crippen MR) is 86.6 cm³/mol. The van der Waals surface area contributed by atoms with Crippen LogP contribution in [0, 0.1) is 0 Å². The Morgan fingerprint density at radius 1 is 1.50 bits per heavy atom. The number of carbonyl (C=O) groups is 1. The first-order valence-electron chi connectivity index (χ1n) is 6.66. The number of thioether (sulfide) groups is 1. The molecule has 6 heteroatoms. The molecule has 1 aliphatic heterocycles. The highest BCUT2D eigenvalue weighted by molar-refractivity contribution is 7.99. The van der Waals surface area contributed by atoms with Crippen LogP contribution in [0.25, 0.3) is 10.2 Å². The van der Waals surface area contributed by atoms with Crippen LogP contribution in [-0.2, 0) is 4.79 Å². The molecule has 0 radical (unpaired) electrons. The van der Waals surface area contributed by atoms with E-state index in [0.717, 1.165) is 32.5 Å². The van der Waals surface area contributed by atoms with Crippen LogP contribution in [0.5, 0.6) is 0 Å². The van der Waals surface area contributed by atoms with E-state index in [9.17, 15) is 4.79 Å². The quantitative estimate of drug-likeness (QED) is 0.915. The zero-order valence-corrected chi connectivity index (χ0v) is 13.1. The van der Waals surface area contributed by atoms with E-state index in [1.807, 2.05) is 18.2 Å². The van der Waals surface area contributed by atoms with Crippen molar-refractivity contribution in [1.82, 2.24) is 10.3 Å². The maximum Gasteiger partial charge on any atom is 0.242 e. The SMILES string of the molecule is CC(C)c1nc2ccc(NC(=O)C3CSCN3)cc2s1. The first-order chi connectivity index (χ1) is 9.63. The summed E-state index contributed by atoms with van der Waals surface area (Å²) >= 11 is 3.45. The second kappa shape index (κ2) is 5.71. The fraction of sp³-hybridized carbons (Fsp3) is 0.429. The van der Waals surface area contributed by atoms with Gasteiger partial charge in [0.15, 0.2) is 0 Å². The van der Waals surface area contributed by atoms with E-state index in [-0.39, 0.29) is 11.9 Å². The van der Waals surface area contributed by atoms with E-state index in [1.54, 1.807) is 23.1 Å². The highest BCUT2D eigenvalue weighted by Gasteiger charge is 2.22. The van der Waals surface area contributed by atoms with Gasteiger partial charge in [0.2, 0.25) is 5.91 Å². The van der Waals surface area contributed by atoms with Gasteiger partial charge < -0.3 is 5.32 Å². The van der Waals surface area contributed by atoms with Crippen LogP contribution in [0.4, 0.5) is 5.69 Å². The van der Waals surface area contributed by atoms with Crippen molar-refractivity contribution in [2.45, 2.75) is 25.8 Å². The Hall–Kier alpha value is -1.11. The largest absolute Gasteiger partial charge is 0.325 e. The minimum absolute atomic E-state index is 0.0444. The summed E-state index contributed by atoms with van der Waals surface area (Å²) < 4.78 is 1.13. The van der Waals surface area contributed by atoms with Gasteiger partial charge in [-0.05, 0) is 18.2 Å². The van der Waals surface area contributed by atoms with Crippen molar-refractivity contribution in [3.63, 3.8) is 0 Å². The number of rotatable bonds is 3. The number of amides is 1. The smallest absolute Gasteiger partial charge is 0.242 e. The number of nitrogens with one attached hydrogen (secondary N) is 2. The third-order valence-corrected chi connectivity index (χ3v) is 5.46. The molecular weight excluding hydrogens is 290 g/mol. The molecule has 1 fully saturated rings. The molecule has 1 amide bonds. The molecule has 1 saturated heterocycles. The molecule has 1 atom stereocenters. The summed E-state index contributed by atoms with van der Waals surface area (Å²) in [6.07, 6.45) is 0. The number of hydrogen-bond acceptors (Lipinski definition) is 5. The first-order valence-corrected chi connectivity index (χ1v) is 8.63. The third kappa shape index (κ3) is 2.82. The summed E-state index contributed by atoms with van der Waals surface area (Å²) in [4.78, 5) is 16.7. The number of fused-ring (bicyclic) bond motifs is 1. The molecule has 1 aromatic carbocycles. The summed E-state index contributed by atoms with van der Waals surface area (Å²) in [7, 11) is 0. The van der Waals surface area contributed by atoms with Gasteiger partial charge in [0.05, 0.1) is 21.3 Å². The number of aromatic nitrogens is 1. The monoisotopic (exact) mass is 307 g/mol. The van der Waals surface area contributed by atoms with Crippen LogP contribution in [0.3, 0.4) is 0 Å². The molecule has 0 bridgehead atoms. The molecule has 0 spiro atoms. The standard InChI is InChI=1S/C14H17N3OS2/c1-8(2)14-17-10-4-3-9(5-12(10)20-14)16-13(18)11-6-19-7-15-11/h3-5,8,11,15H,6-7H2,1-2H3,(H,16,18). The van der Waals surface area contributed by atoms with Gasteiger partial charge >= 0.3 is 0 Å². The van der Waals surface area contributed by atoms with Crippen molar-refractivity contribution in [2.75, 3.05) is 16.9 Å². The van der Waals surface area contributed by atoms with Crippen molar-refractivity contribution < 1.29 is 4.79 Å². The Bertz CT molecular complexity index is 632. The highest BCUT2D eigenvalue weighted by atomic mass is 32.2. The fourth-order valence-corrected chi connectivity index (χ4v) is 4.01. The number of hydrogen-bond donors (Lipinski definition) is 2. The van der Waals surface area contributed by atoms with Crippen LogP contribution in [-0.4, -0.2) is 28.6 Å². The van der Waals surface area contributed by atoms with Crippen LogP contribution in [0.1, 0.15) is 24.8 Å². The van der Waals surface area contributed by atoms with Gasteiger partial charge in [-0.15, -0.1) is 23.1 Å². The van der Waals surface area contributed by atoms with Crippen molar-refractivity contribution in [3.05, 3.63) is 23.2 Å². The Morgan fingerprint density at radius 2 is 2.35 bits per heavy atom. The van der Waals surface area contributed by atoms with Crippen LogP contribution in [0.15, 0.2) is 18.2 Å². The molecule has 2 N–H and O–H groups in total. The van der Waals surface area contributed by atoms with E-state index < -0.39 is 0 Å². The van der Waals surface area contributed by atoms with Crippen LogP contribution in [0.2, 0.25) is 0 Å². The van der Waals surface area contributed by atoms with E-state index in [0.29, 0.717) is 5.92 Å². The zero-order chi connectivity index (χ0) is 14.1. The lowest BCUT2D eigenvalue weighted by Crippen LogP contribution is -2.37.